The monoisotopic (exact) mass is 414 g/mol. The van der Waals surface area contributed by atoms with Crippen LogP contribution in [0.1, 0.15) is 74.8 Å². The Hall–Kier alpha value is -2.75. The zero-order valence-corrected chi connectivity index (χ0v) is 19.3. The number of aromatic nitrogens is 1. The van der Waals surface area contributed by atoms with E-state index in [2.05, 4.69) is 79.8 Å². The van der Waals surface area contributed by atoms with Crippen LogP contribution < -0.4 is 15.5 Å². The highest BCUT2D eigenvalue weighted by atomic mass is 15.1. The SMILES string of the molecule is Cc1cc(Nc2nc(C(C)C)cc3c2C(=C2CC2)NC=C3)ccc1N1CCC[C@H](C)C1. The number of benzene rings is 1. The molecule has 1 saturated heterocycles. The Labute approximate surface area is 186 Å². The number of hydrogen-bond acceptors (Lipinski definition) is 4. The highest BCUT2D eigenvalue weighted by molar-refractivity contribution is 5.88. The third-order valence-electron chi connectivity index (χ3n) is 6.71. The van der Waals surface area contributed by atoms with Crippen LogP contribution >= 0.6 is 0 Å². The molecule has 4 heteroatoms. The Kier molecular flexibility index (Phi) is 5.25. The summed E-state index contributed by atoms with van der Waals surface area (Å²) < 4.78 is 0. The summed E-state index contributed by atoms with van der Waals surface area (Å²) in [4.78, 5) is 7.62. The molecule has 2 fully saturated rings. The van der Waals surface area contributed by atoms with Crippen molar-refractivity contribution in [3.63, 3.8) is 0 Å². The van der Waals surface area contributed by atoms with Crippen LogP contribution in [-0.2, 0) is 0 Å². The predicted molar refractivity (Wildman–Crippen MR) is 132 cm³/mol. The normalized spacial score (nSPS) is 20.0. The van der Waals surface area contributed by atoms with Crippen molar-refractivity contribution in [1.29, 1.82) is 0 Å². The van der Waals surface area contributed by atoms with E-state index in [1.807, 2.05) is 0 Å². The van der Waals surface area contributed by atoms with Crippen LogP contribution in [-0.4, -0.2) is 18.1 Å². The van der Waals surface area contributed by atoms with Gasteiger partial charge in [-0.1, -0.05) is 20.8 Å². The summed E-state index contributed by atoms with van der Waals surface area (Å²) in [6, 6.07) is 9.03. The summed E-state index contributed by atoms with van der Waals surface area (Å²) >= 11 is 0. The lowest BCUT2D eigenvalue weighted by molar-refractivity contribution is 0.446. The van der Waals surface area contributed by atoms with E-state index in [0.717, 1.165) is 29.7 Å². The van der Waals surface area contributed by atoms with Crippen LogP contribution in [0.25, 0.3) is 11.8 Å². The molecular formula is C27H34N4. The molecule has 3 aliphatic rings. The Morgan fingerprint density at radius 1 is 1.19 bits per heavy atom. The van der Waals surface area contributed by atoms with Crippen molar-refractivity contribution in [2.75, 3.05) is 23.3 Å². The second kappa shape index (κ2) is 8.07. The molecule has 2 aliphatic heterocycles. The van der Waals surface area contributed by atoms with Crippen LogP contribution in [0.15, 0.2) is 36.0 Å². The van der Waals surface area contributed by atoms with E-state index < -0.39 is 0 Å². The number of nitrogens with one attached hydrogen (secondary N) is 2. The van der Waals surface area contributed by atoms with Crippen molar-refractivity contribution >= 4 is 29.0 Å². The molecule has 2 aromatic rings. The van der Waals surface area contributed by atoms with Gasteiger partial charge in [-0.05, 0) is 91.5 Å². The summed E-state index contributed by atoms with van der Waals surface area (Å²) in [5, 5.41) is 7.17. The fourth-order valence-corrected chi connectivity index (χ4v) is 4.88. The molecular weight excluding hydrogens is 380 g/mol. The van der Waals surface area contributed by atoms with Gasteiger partial charge in [-0.15, -0.1) is 0 Å². The first-order valence-corrected chi connectivity index (χ1v) is 11.8. The van der Waals surface area contributed by atoms with Crippen molar-refractivity contribution in [3.05, 3.63) is 58.4 Å². The van der Waals surface area contributed by atoms with Crippen LogP contribution in [0.3, 0.4) is 0 Å². The van der Waals surface area contributed by atoms with Gasteiger partial charge in [0.2, 0.25) is 0 Å². The average Bonchev–Trinajstić information content (AvgIpc) is 3.58. The van der Waals surface area contributed by atoms with Gasteiger partial charge in [0.1, 0.15) is 5.82 Å². The Morgan fingerprint density at radius 3 is 2.74 bits per heavy atom. The average molecular weight is 415 g/mol. The van der Waals surface area contributed by atoms with Gasteiger partial charge in [-0.25, -0.2) is 4.98 Å². The lowest BCUT2D eigenvalue weighted by Gasteiger charge is -2.34. The van der Waals surface area contributed by atoms with Gasteiger partial charge in [0.15, 0.2) is 0 Å². The van der Waals surface area contributed by atoms with Crippen LogP contribution in [0, 0.1) is 12.8 Å². The largest absolute Gasteiger partial charge is 0.371 e. The molecule has 31 heavy (non-hydrogen) atoms. The highest BCUT2D eigenvalue weighted by Gasteiger charge is 2.26. The number of anilines is 3. The highest BCUT2D eigenvalue weighted by Crippen LogP contribution is 2.41. The number of piperidine rings is 1. The molecule has 0 amide bonds. The maximum absolute atomic E-state index is 5.06. The number of hydrogen-bond donors (Lipinski definition) is 2. The molecule has 1 aromatic heterocycles. The van der Waals surface area contributed by atoms with Gasteiger partial charge < -0.3 is 15.5 Å². The maximum Gasteiger partial charge on any atom is 0.140 e. The number of rotatable bonds is 4. The zero-order chi connectivity index (χ0) is 21.5. The van der Waals surface area contributed by atoms with Crippen molar-refractivity contribution in [1.82, 2.24) is 10.3 Å². The summed E-state index contributed by atoms with van der Waals surface area (Å²) in [6.45, 7) is 11.3. The minimum Gasteiger partial charge on any atom is -0.371 e. The molecule has 0 bridgehead atoms. The molecule has 0 radical (unpaired) electrons. The van der Waals surface area contributed by atoms with Crippen molar-refractivity contribution in [3.8, 4) is 0 Å². The first kappa shape index (κ1) is 20.2. The summed E-state index contributed by atoms with van der Waals surface area (Å²) in [7, 11) is 0. The van der Waals surface area contributed by atoms with E-state index in [4.69, 9.17) is 4.98 Å². The minimum atomic E-state index is 0.386. The van der Waals surface area contributed by atoms with Gasteiger partial charge >= 0.3 is 0 Å². The lowest BCUT2D eigenvalue weighted by atomic mass is 9.97. The Morgan fingerprint density at radius 2 is 2.03 bits per heavy atom. The quantitative estimate of drug-likeness (QED) is 0.593. The fraction of sp³-hybridized carbons (Fsp3) is 0.444. The molecule has 0 spiro atoms. The van der Waals surface area contributed by atoms with E-state index in [-0.39, 0.29) is 0 Å². The number of nitrogens with zero attached hydrogens (tertiary/aromatic N) is 2. The van der Waals surface area contributed by atoms with Crippen LogP contribution in [0.5, 0.6) is 0 Å². The molecule has 1 aromatic carbocycles. The van der Waals surface area contributed by atoms with Gasteiger partial charge in [0.05, 0.1) is 0 Å². The first-order valence-electron chi connectivity index (χ1n) is 11.8. The van der Waals surface area contributed by atoms with Crippen LogP contribution in [0.2, 0.25) is 0 Å². The Balaban J connectivity index is 1.50. The number of aryl methyl sites for hydroxylation is 1. The van der Waals surface area contributed by atoms with E-state index in [0.29, 0.717) is 5.92 Å². The topological polar surface area (TPSA) is 40.2 Å². The standard InChI is InChI=1S/C27H34N4/c1-17(2)23-15-21-11-12-28-26(20-7-8-20)25(21)27(30-23)29-22-9-10-24(19(4)14-22)31-13-5-6-18(3)16-31/h9-12,14-15,17-18,28H,5-8,13,16H2,1-4H3,(H,29,30)/t18-/m0/s1. The van der Waals surface area contributed by atoms with Crippen molar-refractivity contribution in [2.24, 2.45) is 5.92 Å². The molecule has 1 saturated carbocycles. The van der Waals surface area contributed by atoms with Crippen molar-refractivity contribution < 1.29 is 0 Å². The molecule has 0 unspecified atom stereocenters. The fourth-order valence-electron chi connectivity index (χ4n) is 4.88. The predicted octanol–water partition coefficient (Wildman–Crippen LogP) is 6.57. The zero-order valence-electron chi connectivity index (χ0n) is 19.3. The van der Waals surface area contributed by atoms with E-state index in [9.17, 15) is 0 Å². The Bertz CT molecular complexity index is 1060. The third-order valence-corrected chi connectivity index (χ3v) is 6.71. The van der Waals surface area contributed by atoms with E-state index in [1.165, 1.54) is 65.9 Å². The van der Waals surface area contributed by atoms with E-state index >= 15 is 0 Å². The first-order chi connectivity index (χ1) is 15.0. The second-order valence-electron chi connectivity index (χ2n) is 9.79. The lowest BCUT2D eigenvalue weighted by Crippen LogP contribution is -2.34. The van der Waals surface area contributed by atoms with Gasteiger partial charge in [0.25, 0.3) is 0 Å². The summed E-state index contributed by atoms with van der Waals surface area (Å²) in [5.74, 6) is 2.12. The molecule has 1 aliphatic carbocycles. The maximum atomic E-state index is 5.06. The summed E-state index contributed by atoms with van der Waals surface area (Å²) in [6.07, 6.45) is 9.24. The van der Waals surface area contributed by atoms with E-state index in [1.54, 1.807) is 0 Å². The minimum absolute atomic E-state index is 0.386. The van der Waals surface area contributed by atoms with Gasteiger partial charge in [0, 0.05) is 47.6 Å². The molecule has 1 atom stereocenters. The number of fused-ring (bicyclic) bond motifs is 1. The summed E-state index contributed by atoms with van der Waals surface area (Å²) in [5.41, 5.74) is 10.1. The second-order valence-corrected chi connectivity index (χ2v) is 9.79. The number of allylic oxidation sites excluding steroid dienone is 1. The molecule has 2 N–H and O–H groups in total. The van der Waals surface area contributed by atoms with Crippen LogP contribution in [0.4, 0.5) is 17.2 Å². The molecule has 3 heterocycles. The molecule has 5 rings (SSSR count). The smallest absolute Gasteiger partial charge is 0.140 e. The molecule has 4 nitrogen and oxygen atoms in total. The number of pyridine rings is 1. The van der Waals surface area contributed by atoms with Crippen molar-refractivity contribution in [2.45, 2.75) is 59.3 Å². The molecule has 162 valence electrons. The van der Waals surface area contributed by atoms with Gasteiger partial charge in [-0.3, -0.25) is 0 Å². The van der Waals surface area contributed by atoms with Gasteiger partial charge in [-0.2, -0.15) is 0 Å². The third kappa shape index (κ3) is 4.08.